The van der Waals surface area contributed by atoms with E-state index >= 15 is 0 Å². The van der Waals surface area contributed by atoms with E-state index in [4.69, 9.17) is 4.74 Å². The van der Waals surface area contributed by atoms with Crippen molar-refractivity contribution in [3.8, 4) is 28.9 Å². The van der Waals surface area contributed by atoms with E-state index in [1.54, 1.807) is 30.3 Å². The maximum absolute atomic E-state index is 12.6. The molecule has 2 heterocycles. The summed E-state index contributed by atoms with van der Waals surface area (Å²) in [6.45, 7) is 2.41. The molecule has 0 fully saturated rings. The normalized spacial score (nSPS) is 10.7. The fourth-order valence-electron chi connectivity index (χ4n) is 3.05. The van der Waals surface area contributed by atoms with Crippen LogP contribution in [0.3, 0.4) is 0 Å². The van der Waals surface area contributed by atoms with Gasteiger partial charge >= 0.3 is 5.69 Å². The number of hydrogen-bond acceptors (Lipinski definition) is 7. The number of aromatic amines is 1. The quantitative estimate of drug-likeness (QED) is 0.400. The van der Waals surface area contributed by atoms with Crippen molar-refractivity contribution in [2.45, 2.75) is 6.92 Å². The average Bonchev–Trinajstić information content (AvgIpc) is 3.09. The second kappa shape index (κ2) is 7.48. The molecule has 0 aliphatic carbocycles. The predicted molar refractivity (Wildman–Crippen MR) is 107 cm³/mol. The van der Waals surface area contributed by atoms with Crippen LogP contribution in [0.4, 0.5) is 5.69 Å². The number of benzene rings is 2. The lowest BCUT2D eigenvalue weighted by molar-refractivity contribution is -0.384. The zero-order chi connectivity index (χ0) is 21.3. The van der Waals surface area contributed by atoms with Gasteiger partial charge in [-0.25, -0.2) is 19.3 Å². The van der Waals surface area contributed by atoms with Gasteiger partial charge in [0.25, 0.3) is 5.69 Å². The zero-order valence-corrected chi connectivity index (χ0v) is 15.7. The molecular weight excluding hydrogens is 388 g/mol. The number of aromatic nitrogens is 4. The van der Waals surface area contributed by atoms with Gasteiger partial charge in [-0.3, -0.25) is 10.1 Å². The molecule has 0 unspecified atom stereocenters. The summed E-state index contributed by atoms with van der Waals surface area (Å²) in [6, 6.07) is 14.6. The number of imidazole rings is 1. The number of fused-ring (bicyclic) bond motifs is 1. The number of ether oxygens (including phenoxy) is 1. The number of H-pyrrole nitrogens is 1. The fraction of sp³-hybridized carbons (Fsp3) is 0.100. The van der Waals surface area contributed by atoms with Crippen LogP contribution in [-0.2, 0) is 0 Å². The molecule has 0 atom stereocenters. The minimum atomic E-state index is -0.583. The standard InChI is InChI=1S/C20H14N6O4/c1-2-30-15-8-6-12(7-9-15)18-22-16(11-21)17-19(24-18)25(20(27)23-17)13-4-3-5-14(10-13)26(28)29/h3-10H,2H2,1H3,(H,23,27). The minimum Gasteiger partial charge on any atom is -0.494 e. The van der Waals surface area contributed by atoms with Gasteiger partial charge in [0.1, 0.15) is 17.3 Å². The Labute approximate surface area is 169 Å². The number of nitro groups is 1. The van der Waals surface area contributed by atoms with Crippen molar-refractivity contribution >= 4 is 16.9 Å². The van der Waals surface area contributed by atoms with Gasteiger partial charge in [-0.2, -0.15) is 5.26 Å². The van der Waals surface area contributed by atoms with Gasteiger partial charge < -0.3 is 9.72 Å². The van der Waals surface area contributed by atoms with E-state index in [2.05, 4.69) is 15.0 Å². The maximum atomic E-state index is 12.6. The molecule has 0 radical (unpaired) electrons. The molecule has 0 spiro atoms. The second-order valence-corrected chi connectivity index (χ2v) is 6.21. The Balaban J connectivity index is 1.93. The summed E-state index contributed by atoms with van der Waals surface area (Å²) >= 11 is 0. The van der Waals surface area contributed by atoms with Crippen LogP contribution in [0.1, 0.15) is 12.6 Å². The summed E-state index contributed by atoms with van der Waals surface area (Å²) in [7, 11) is 0. The number of nitrogens with one attached hydrogen (secondary N) is 1. The summed E-state index contributed by atoms with van der Waals surface area (Å²) < 4.78 is 6.61. The summed E-state index contributed by atoms with van der Waals surface area (Å²) in [5.74, 6) is 0.915. The molecule has 10 heteroatoms. The van der Waals surface area contributed by atoms with E-state index in [9.17, 15) is 20.2 Å². The lowest BCUT2D eigenvalue weighted by atomic mass is 10.2. The summed E-state index contributed by atoms with van der Waals surface area (Å²) in [5.41, 5.74) is 0.414. The molecule has 4 aromatic rings. The number of nitrogens with zero attached hydrogens (tertiary/aromatic N) is 5. The van der Waals surface area contributed by atoms with E-state index < -0.39 is 10.6 Å². The van der Waals surface area contributed by atoms with Crippen LogP contribution in [0.5, 0.6) is 5.75 Å². The second-order valence-electron chi connectivity index (χ2n) is 6.21. The minimum absolute atomic E-state index is 0.00911. The Bertz CT molecular complexity index is 1370. The summed E-state index contributed by atoms with van der Waals surface area (Å²) in [6.07, 6.45) is 0. The Morgan fingerprint density at radius 1 is 1.23 bits per heavy atom. The van der Waals surface area contributed by atoms with E-state index in [1.807, 2.05) is 13.0 Å². The molecule has 1 N–H and O–H groups in total. The smallest absolute Gasteiger partial charge is 0.332 e. The molecular formula is C20H14N6O4. The zero-order valence-electron chi connectivity index (χ0n) is 15.7. The molecule has 0 aliphatic heterocycles. The van der Waals surface area contributed by atoms with Gasteiger partial charge in [-0.15, -0.1) is 0 Å². The van der Waals surface area contributed by atoms with Crippen LogP contribution in [0, 0.1) is 21.4 Å². The van der Waals surface area contributed by atoms with Gasteiger partial charge in [-0.05, 0) is 37.3 Å². The number of nitriles is 1. The Kier molecular flexibility index (Phi) is 4.69. The van der Waals surface area contributed by atoms with Crippen LogP contribution < -0.4 is 10.4 Å². The molecule has 0 saturated carbocycles. The average molecular weight is 402 g/mol. The van der Waals surface area contributed by atoms with Crippen molar-refractivity contribution in [2.75, 3.05) is 6.61 Å². The molecule has 2 aromatic carbocycles. The van der Waals surface area contributed by atoms with Crippen molar-refractivity contribution in [2.24, 2.45) is 0 Å². The summed E-state index contributed by atoms with van der Waals surface area (Å²) in [5, 5.41) is 20.6. The first-order valence-corrected chi connectivity index (χ1v) is 8.92. The van der Waals surface area contributed by atoms with Crippen molar-refractivity contribution in [3.05, 3.63) is 74.8 Å². The Morgan fingerprint density at radius 3 is 2.67 bits per heavy atom. The Hall–Kier alpha value is -4.52. The SMILES string of the molecule is CCOc1ccc(-c2nc(C#N)c3[nH]c(=O)n(-c4cccc([N+](=O)[O-])c4)c3n2)cc1. The van der Waals surface area contributed by atoms with Gasteiger partial charge in [0.15, 0.2) is 17.2 Å². The van der Waals surface area contributed by atoms with Crippen LogP contribution in [0.25, 0.3) is 28.2 Å². The highest BCUT2D eigenvalue weighted by Crippen LogP contribution is 2.24. The van der Waals surface area contributed by atoms with Crippen molar-refractivity contribution in [3.63, 3.8) is 0 Å². The van der Waals surface area contributed by atoms with E-state index in [-0.39, 0.29) is 34.1 Å². The number of non-ortho nitro benzene ring substituents is 1. The number of rotatable bonds is 5. The summed E-state index contributed by atoms with van der Waals surface area (Å²) in [4.78, 5) is 34.4. The lowest BCUT2D eigenvalue weighted by Crippen LogP contribution is -2.15. The molecule has 0 bridgehead atoms. The molecule has 0 saturated heterocycles. The van der Waals surface area contributed by atoms with Crippen LogP contribution in [-0.4, -0.2) is 31.0 Å². The molecule has 148 valence electrons. The molecule has 0 amide bonds. The van der Waals surface area contributed by atoms with Crippen molar-refractivity contribution in [1.82, 2.24) is 19.5 Å². The molecule has 10 nitrogen and oxygen atoms in total. The third-order valence-electron chi connectivity index (χ3n) is 4.36. The van der Waals surface area contributed by atoms with E-state index in [1.165, 1.54) is 22.8 Å². The topological polar surface area (TPSA) is 140 Å². The van der Waals surface area contributed by atoms with Crippen LogP contribution >= 0.6 is 0 Å². The van der Waals surface area contributed by atoms with Crippen LogP contribution in [0.15, 0.2) is 53.3 Å². The monoisotopic (exact) mass is 402 g/mol. The molecule has 4 rings (SSSR count). The predicted octanol–water partition coefficient (Wildman–Crippen LogP) is 2.95. The highest BCUT2D eigenvalue weighted by molar-refractivity contribution is 5.80. The van der Waals surface area contributed by atoms with Gasteiger partial charge in [-0.1, -0.05) is 6.07 Å². The molecule has 0 aliphatic rings. The first kappa shape index (κ1) is 18.8. The number of nitro benzene ring substituents is 1. The van der Waals surface area contributed by atoms with E-state index in [0.29, 0.717) is 17.9 Å². The lowest BCUT2D eigenvalue weighted by Gasteiger charge is -2.06. The van der Waals surface area contributed by atoms with Gasteiger partial charge in [0.2, 0.25) is 0 Å². The van der Waals surface area contributed by atoms with Gasteiger partial charge in [0, 0.05) is 17.7 Å². The third-order valence-corrected chi connectivity index (χ3v) is 4.36. The van der Waals surface area contributed by atoms with Crippen molar-refractivity contribution in [1.29, 1.82) is 5.26 Å². The van der Waals surface area contributed by atoms with Gasteiger partial charge in [0.05, 0.1) is 17.2 Å². The maximum Gasteiger partial charge on any atom is 0.332 e. The first-order chi connectivity index (χ1) is 14.5. The first-order valence-electron chi connectivity index (χ1n) is 8.92. The molecule has 2 aromatic heterocycles. The molecule has 30 heavy (non-hydrogen) atoms. The largest absolute Gasteiger partial charge is 0.494 e. The third kappa shape index (κ3) is 3.24. The highest BCUT2D eigenvalue weighted by atomic mass is 16.6. The van der Waals surface area contributed by atoms with E-state index in [0.717, 1.165) is 0 Å². The Morgan fingerprint density at radius 2 is 2.00 bits per heavy atom. The fourth-order valence-corrected chi connectivity index (χ4v) is 3.05. The van der Waals surface area contributed by atoms with Crippen molar-refractivity contribution < 1.29 is 9.66 Å². The highest BCUT2D eigenvalue weighted by Gasteiger charge is 2.18. The number of hydrogen-bond donors (Lipinski definition) is 1. The van der Waals surface area contributed by atoms with Crippen LogP contribution in [0.2, 0.25) is 0 Å².